The Morgan fingerprint density at radius 2 is 0.743 bits per heavy atom. The van der Waals surface area contributed by atoms with E-state index in [9.17, 15) is 8.42 Å². The molecule has 0 heterocycles. The molecule has 0 rings (SSSR count). The molecule has 0 saturated heterocycles. The normalized spacial score (nSPS) is 12.9. The van der Waals surface area contributed by atoms with Crippen LogP contribution in [0.3, 0.4) is 0 Å². The van der Waals surface area contributed by atoms with Gasteiger partial charge in [-0.2, -0.15) is 8.42 Å². The average molecular weight is 519 g/mol. The summed E-state index contributed by atoms with van der Waals surface area (Å²) in [7, 11) is -4.33. The van der Waals surface area contributed by atoms with Crippen LogP contribution in [0.1, 0.15) is 181 Å². The minimum absolute atomic E-state index is 0.133. The van der Waals surface area contributed by atoms with Crippen LogP contribution >= 0.6 is 0 Å². The Hall–Kier alpha value is -0.130. The summed E-state index contributed by atoms with van der Waals surface area (Å²) in [6.07, 6.45) is 34.0. The van der Waals surface area contributed by atoms with Crippen LogP contribution in [0.15, 0.2) is 0 Å². The molecule has 212 valence electrons. The van der Waals surface area contributed by atoms with E-state index >= 15 is 0 Å². The predicted octanol–water partition coefficient (Wildman–Crippen LogP) is 10.6. The molecule has 0 saturated carbocycles. The molecule has 0 aromatic rings. The van der Waals surface area contributed by atoms with Crippen LogP contribution in [0.5, 0.6) is 0 Å². The highest BCUT2D eigenvalue weighted by atomic mass is 32.3. The van der Waals surface area contributed by atoms with Crippen molar-refractivity contribution in [1.82, 2.24) is 0 Å². The second kappa shape index (κ2) is 26.9. The third-order valence-corrected chi connectivity index (χ3v) is 7.82. The Morgan fingerprint density at radius 3 is 1.00 bits per heavy atom. The molecule has 0 aromatic carbocycles. The fraction of sp³-hybridized carbons (Fsp3) is 1.00. The highest BCUT2D eigenvalue weighted by Gasteiger charge is 2.13. The van der Waals surface area contributed by atoms with E-state index in [0.29, 0.717) is 0 Å². The monoisotopic (exact) mass is 518 g/mol. The van der Waals surface area contributed by atoms with Crippen LogP contribution in [0.2, 0.25) is 0 Å². The summed E-state index contributed by atoms with van der Waals surface area (Å²) < 4.78 is 35.7. The van der Waals surface area contributed by atoms with Gasteiger partial charge in [0.25, 0.3) is 0 Å². The maximum absolute atomic E-state index is 11.0. The summed E-state index contributed by atoms with van der Waals surface area (Å²) in [6, 6.07) is 0. The minimum atomic E-state index is -4.33. The first-order valence-electron chi connectivity index (χ1n) is 15.6. The van der Waals surface area contributed by atoms with Gasteiger partial charge in [0.1, 0.15) is 0 Å². The van der Waals surface area contributed by atoms with Gasteiger partial charge >= 0.3 is 10.4 Å². The zero-order valence-electron chi connectivity index (χ0n) is 23.7. The first-order chi connectivity index (χ1) is 17.0. The van der Waals surface area contributed by atoms with E-state index in [-0.39, 0.29) is 12.5 Å². The van der Waals surface area contributed by atoms with Crippen molar-refractivity contribution in [2.24, 2.45) is 5.92 Å². The molecule has 0 aromatic heterocycles. The van der Waals surface area contributed by atoms with Crippen LogP contribution in [-0.4, -0.2) is 19.6 Å². The third kappa shape index (κ3) is 30.0. The lowest BCUT2D eigenvalue weighted by molar-refractivity contribution is 0.204. The molecule has 5 heteroatoms. The van der Waals surface area contributed by atoms with E-state index in [1.165, 1.54) is 141 Å². The second-order valence-corrected chi connectivity index (χ2v) is 12.0. The fourth-order valence-electron chi connectivity index (χ4n) is 5.04. The van der Waals surface area contributed by atoms with E-state index in [1.54, 1.807) is 0 Å². The molecule has 4 nitrogen and oxygen atoms in total. The predicted molar refractivity (Wildman–Crippen MR) is 152 cm³/mol. The molecule has 0 radical (unpaired) electrons. The number of unbranched alkanes of at least 4 members (excludes halogenated alkanes) is 22. The molecule has 1 unspecified atom stereocenters. The van der Waals surface area contributed by atoms with E-state index in [2.05, 4.69) is 13.8 Å². The lowest BCUT2D eigenvalue weighted by Gasteiger charge is -2.16. The van der Waals surface area contributed by atoms with E-state index in [1.807, 2.05) is 0 Å². The smallest absolute Gasteiger partial charge is 0.264 e. The Labute approximate surface area is 220 Å². The van der Waals surface area contributed by atoms with Gasteiger partial charge in [-0.1, -0.05) is 168 Å². The lowest BCUT2D eigenvalue weighted by Crippen LogP contribution is -2.14. The van der Waals surface area contributed by atoms with Crippen molar-refractivity contribution in [3.63, 3.8) is 0 Å². The molecule has 1 N–H and O–H groups in total. The van der Waals surface area contributed by atoms with Gasteiger partial charge in [0.05, 0.1) is 6.61 Å². The van der Waals surface area contributed by atoms with Gasteiger partial charge in [-0.25, -0.2) is 4.18 Å². The highest BCUT2D eigenvalue weighted by Crippen LogP contribution is 2.21. The van der Waals surface area contributed by atoms with Gasteiger partial charge in [0.15, 0.2) is 0 Å². The van der Waals surface area contributed by atoms with Gasteiger partial charge in [0.2, 0.25) is 0 Å². The fourth-order valence-corrected chi connectivity index (χ4v) is 5.41. The van der Waals surface area contributed by atoms with Gasteiger partial charge in [-0.15, -0.1) is 0 Å². The molecule has 0 aliphatic heterocycles. The Kier molecular flexibility index (Phi) is 26.8. The molecule has 1 atom stereocenters. The summed E-state index contributed by atoms with van der Waals surface area (Å²) in [5, 5.41) is 0. The molecular weight excluding hydrogens is 456 g/mol. The molecule has 0 spiro atoms. The van der Waals surface area contributed by atoms with E-state index in [4.69, 9.17) is 8.74 Å². The molecule has 0 fully saturated rings. The van der Waals surface area contributed by atoms with Crippen LogP contribution in [0, 0.1) is 5.92 Å². The third-order valence-electron chi connectivity index (χ3n) is 7.38. The van der Waals surface area contributed by atoms with Gasteiger partial charge in [0, 0.05) is 0 Å². The number of hydrogen-bond donors (Lipinski definition) is 1. The summed E-state index contributed by atoms with van der Waals surface area (Å²) in [4.78, 5) is 0. The summed E-state index contributed by atoms with van der Waals surface area (Å²) in [6.45, 7) is 4.66. The summed E-state index contributed by atoms with van der Waals surface area (Å²) in [5.74, 6) is 0.239. The van der Waals surface area contributed by atoms with Gasteiger partial charge in [-0.3, -0.25) is 4.55 Å². The van der Waals surface area contributed by atoms with Gasteiger partial charge in [-0.05, 0) is 18.8 Å². The lowest BCUT2D eigenvalue weighted by atomic mass is 9.94. The van der Waals surface area contributed by atoms with E-state index < -0.39 is 10.4 Å². The Balaban J connectivity index is 3.69. The zero-order valence-corrected chi connectivity index (χ0v) is 24.6. The van der Waals surface area contributed by atoms with Crippen LogP contribution in [-0.2, 0) is 14.6 Å². The van der Waals surface area contributed by atoms with E-state index in [0.717, 1.165) is 25.7 Å². The first kappa shape index (κ1) is 34.9. The van der Waals surface area contributed by atoms with Crippen molar-refractivity contribution in [2.45, 2.75) is 181 Å². The highest BCUT2D eigenvalue weighted by molar-refractivity contribution is 7.80. The zero-order chi connectivity index (χ0) is 25.9. The summed E-state index contributed by atoms with van der Waals surface area (Å²) in [5.41, 5.74) is 0. The molecule has 0 amide bonds. The SMILES string of the molecule is CCCCCCCCCCCCCCCCCC(CCCCCCCCCCC)COS(=O)(=O)O. The second-order valence-electron chi connectivity index (χ2n) is 10.9. The average Bonchev–Trinajstić information content (AvgIpc) is 2.82. The van der Waals surface area contributed by atoms with Crippen molar-refractivity contribution >= 4 is 10.4 Å². The molecular formula is C30H62O4S. The van der Waals surface area contributed by atoms with Crippen LogP contribution in [0.25, 0.3) is 0 Å². The van der Waals surface area contributed by atoms with Crippen molar-refractivity contribution in [3.05, 3.63) is 0 Å². The maximum Gasteiger partial charge on any atom is 0.397 e. The first-order valence-corrected chi connectivity index (χ1v) is 17.0. The Bertz CT molecular complexity index is 506. The maximum atomic E-state index is 11.0. The van der Waals surface area contributed by atoms with Crippen molar-refractivity contribution in [3.8, 4) is 0 Å². The van der Waals surface area contributed by atoms with Crippen molar-refractivity contribution < 1.29 is 17.2 Å². The Morgan fingerprint density at radius 1 is 0.486 bits per heavy atom. The van der Waals surface area contributed by atoms with Crippen molar-refractivity contribution in [1.29, 1.82) is 0 Å². The van der Waals surface area contributed by atoms with Crippen molar-refractivity contribution in [2.75, 3.05) is 6.61 Å². The van der Waals surface area contributed by atoms with Gasteiger partial charge < -0.3 is 0 Å². The molecule has 0 bridgehead atoms. The van der Waals surface area contributed by atoms with Crippen LogP contribution in [0.4, 0.5) is 0 Å². The standard InChI is InChI=1S/C30H62O4S/c1-3-5-7-9-11-13-14-15-16-17-18-20-22-24-26-28-30(29-34-35(31,32)33)27-25-23-21-19-12-10-8-6-4-2/h30H,3-29H2,1-2H3,(H,31,32,33). The molecule has 0 aliphatic carbocycles. The number of rotatable bonds is 29. The largest absolute Gasteiger partial charge is 0.397 e. The molecule has 0 aliphatic rings. The minimum Gasteiger partial charge on any atom is -0.264 e. The summed E-state index contributed by atoms with van der Waals surface area (Å²) >= 11 is 0. The topological polar surface area (TPSA) is 63.6 Å². The number of hydrogen-bond acceptors (Lipinski definition) is 3. The quantitative estimate of drug-likeness (QED) is 0.0790. The van der Waals surface area contributed by atoms with Crippen LogP contribution < -0.4 is 0 Å². The molecule has 35 heavy (non-hydrogen) atoms.